The topological polar surface area (TPSA) is 67.0 Å². The van der Waals surface area contributed by atoms with E-state index < -0.39 is 0 Å². The van der Waals surface area contributed by atoms with Crippen LogP contribution in [0.4, 0.5) is 0 Å². The maximum absolute atomic E-state index is 11.6. The van der Waals surface area contributed by atoms with Gasteiger partial charge < -0.3 is 10.1 Å². The Hall–Kier alpha value is -2.30. The van der Waals surface area contributed by atoms with Gasteiger partial charge in [0.15, 0.2) is 6.61 Å². The van der Waals surface area contributed by atoms with Crippen molar-refractivity contribution >= 4 is 5.91 Å². The highest BCUT2D eigenvalue weighted by molar-refractivity contribution is 5.77. The van der Waals surface area contributed by atoms with E-state index in [0.29, 0.717) is 6.54 Å². The molecule has 0 atom stereocenters. The van der Waals surface area contributed by atoms with Crippen LogP contribution >= 0.6 is 0 Å². The van der Waals surface area contributed by atoms with Crippen molar-refractivity contribution < 1.29 is 9.53 Å². The van der Waals surface area contributed by atoms with Crippen molar-refractivity contribution in [2.45, 2.75) is 13.5 Å². The molecule has 5 heteroatoms. The molecule has 18 heavy (non-hydrogen) atoms. The van der Waals surface area contributed by atoms with Crippen LogP contribution in [-0.4, -0.2) is 22.7 Å². The highest BCUT2D eigenvalue weighted by Gasteiger charge is 2.04. The molecule has 94 valence electrons. The molecule has 0 radical (unpaired) electrons. The van der Waals surface area contributed by atoms with Crippen molar-refractivity contribution in [3.8, 4) is 5.75 Å². The monoisotopic (exact) mass is 245 g/mol. The molecule has 5 nitrogen and oxygen atoms in total. The first-order valence-corrected chi connectivity index (χ1v) is 5.69. The van der Waals surface area contributed by atoms with Crippen LogP contribution in [0.15, 0.2) is 36.5 Å². The van der Waals surface area contributed by atoms with Crippen LogP contribution in [0.2, 0.25) is 0 Å². The Bertz CT molecular complexity index is 509. The number of benzene rings is 1. The van der Waals surface area contributed by atoms with Crippen molar-refractivity contribution in [3.05, 3.63) is 47.8 Å². The number of nitrogens with one attached hydrogen (secondary N) is 2. The minimum atomic E-state index is -0.159. The highest BCUT2D eigenvalue weighted by atomic mass is 16.5. The van der Waals surface area contributed by atoms with Gasteiger partial charge in [-0.05, 0) is 24.6 Å². The van der Waals surface area contributed by atoms with Gasteiger partial charge in [-0.1, -0.05) is 18.2 Å². The first kappa shape index (κ1) is 12.2. The summed E-state index contributed by atoms with van der Waals surface area (Å²) >= 11 is 0. The van der Waals surface area contributed by atoms with E-state index in [0.717, 1.165) is 17.0 Å². The molecular formula is C13H15N3O2. The third kappa shape index (κ3) is 3.35. The van der Waals surface area contributed by atoms with E-state index in [9.17, 15) is 4.79 Å². The standard InChI is InChI=1S/C13H15N3O2/c1-10-4-2-3-5-12(10)18-9-13(17)14-8-11-6-7-15-16-11/h2-7H,8-9H2,1H3,(H,14,17)(H,15,16). The van der Waals surface area contributed by atoms with Crippen molar-refractivity contribution in [2.75, 3.05) is 6.61 Å². The number of para-hydroxylation sites is 1. The zero-order valence-electron chi connectivity index (χ0n) is 10.1. The minimum Gasteiger partial charge on any atom is -0.484 e. The van der Waals surface area contributed by atoms with Gasteiger partial charge in [-0.3, -0.25) is 9.89 Å². The van der Waals surface area contributed by atoms with Crippen LogP contribution in [0.3, 0.4) is 0 Å². The number of aromatic nitrogens is 2. The molecule has 1 aromatic carbocycles. The molecule has 1 aromatic heterocycles. The second-order valence-corrected chi connectivity index (χ2v) is 3.91. The van der Waals surface area contributed by atoms with Gasteiger partial charge in [0, 0.05) is 6.20 Å². The number of nitrogens with zero attached hydrogens (tertiary/aromatic N) is 1. The molecule has 0 unspecified atom stereocenters. The number of H-pyrrole nitrogens is 1. The number of aromatic amines is 1. The Morgan fingerprint density at radius 3 is 2.94 bits per heavy atom. The molecule has 0 spiro atoms. The number of hydrogen-bond acceptors (Lipinski definition) is 3. The van der Waals surface area contributed by atoms with Crippen molar-refractivity contribution in [1.29, 1.82) is 0 Å². The second kappa shape index (κ2) is 5.86. The SMILES string of the molecule is Cc1ccccc1OCC(=O)NCc1ccn[nH]1. The number of carbonyl (C=O) groups is 1. The summed E-state index contributed by atoms with van der Waals surface area (Å²) in [5.41, 5.74) is 1.87. The average Bonchev–Trinajstić information content (AvgIpc) is 2.88. The molecule has 0 aliphatic heterocycles. The molecule has 1 heterocycles. The third-order valence-corrected chi connectivity index (χ3v) is 2.49. The van der Waals surface area contributed by atoms with Crippen LogP contribution in [0.1, 0.15) is 11.3 Å². The van der Waals surface area contributed by atoms with Crippen LogP contribution in [0, 0.1) is 6.92 Å². The molecule has 2 aromatic rings. The summed E-state index contributed by atoms with van der Waals surface area (Å²) in [7, 11) is 0. The van der Waals surface area contributed by atoms with E-state index in [1.54, 1.807) is 6.20 Å². The fraction of sp³-hybridized carbons (Fsp3) is 0.231. The van der Waals surface area contributed by atoms with Crippen LogP contribution in [-0.2, 0) is 11.3 Å². The number of hydrogen-bond donors (Lipinski definition) is 2. The summed E-state index contributed by atoms with van der Waals surface area (Å²) in [4.78, 5) is 11.6. The predicted molar refractivity (Wildman–Crippen MR) is 67.1 cm³/mol. The van der Waals surface area contributed by atoms with Crippen LogP contribution < -0.4 is 10.1 Å². The zero-order valence-corrected chi connectivity index (χ0v) is 10.1. The first-order chi connectivity index (χ1) is 8.75. The fourth-order valence-electron chi connectivity index (χ4n) is 1.49. The maximum Gasteiger partial charge on any atom is 0.258 e. The smallest absolute Gasteiger partial charge is 0.258 e. The molecule has 0 aliphatic carbocycles. The Kier molecular flexibility index (Phi) is 3.96. The zero-order chi connectivity index (χ0) is 12.8. The Morgan fingerprint density at radius 1 is 1.39 bits per heavy atom. The molecule has 0 aliphatic rings. The average molecular weight is 245 g/mol. The fourth-order valence-corrected chi connectivity index (χ4v) is 1.49. The van der Waals surface area contributed by atoms with E-state index in [1.807, 2.05) is 37.3 Å². The van der Waals surface area contributed by atoms with Crippen LogP contribution in [0.5, 0.6) is 5.75 Å². The highest BCUT2D eigenvalue weighted by Crippen LogP contribution is 2.15. The molecule has 0 saturated heterocycles. The first-order valence-electron chi connectivity index (χ1n) is 5.69. The van der Waals surface area contributed by atoms with Crippen molar-refractivity contribution in [3.63, 3.8) is 0 Å². The van der Waals surface area contributed by atoms with Gasteiger partial charge in [-0.25, -0.2) is 0 Å². The molecule has 0 bridgehead atoms. The Morgan fingerprint density at radius 2 is 2.22 bits per heavy atom. The van der Waals surface area contributed by atoms with Gasteiger partial charge in [-0.15, -0.1) is 0 Å². The van der Waals surface area contributed by atoms with Crippen molar-refractivity contribution in [2.24, 2.45) is 0 Å². The van der Waals surface area contributed by atoms with Crippen LogP contribution in [0.25, 0.3) is 0 Å². The number of ether oxygens (including phenoxy) is 1. The molecule has 2 N–H and O–H groups in total. The number of aryl methyl sites for hydroxylation is 1. The van der Waals surface area contributed by atoms with Gasteiger partial charge in [0.25, 0.3) is 5.91 Å². The van der Waals surface area contributed by atoms with Gasteiger partial charge >= 0.3 is 0 Å². The molecule has 0 fully saturated rings. The number of amides is 1. The largest absolute Gasteiger partial charge is 0.484 e. The van der Waals surface area contributed by atoms with Gasteiger partial charge in [0.2, 0.25) is 0 Å². The maximum atomic E-state index is 11.6. The lowest BCUT2D eigenvalue weighted by Crippen LogP contribution is -2.28. The summed E-state index contributed by atoms with van der Waals surface area (Å²) in [6.45, 7) is 2.38. The Balaban J connectivity index is 1.77. The van der Waals surface area contributed by atoms with E-state index in [-0.39, 0.29) is 12.5 Å². The summed E-state index contributed by atoms with van der Waals surface area (Å²) in [5, 5.41) is 9.31. The summed E-state index contributed by atoms with van der Waals surface area (Å²) in [6, 6.07) is 9.41. The van der Waals surface area contributed by atoms with Gasteiger partial charge in [-0.2, -0.15) is 5.10 Å². The molecular weight excluding hydrogens is 230 g/mol. The Labute approximate surface area is 105 Å². The van der Waals surface area contributed by atoms with E-state index in [4.69, 9.17) is 4.74 Å². The quantitative estimate of drug-likeness (QED) is 0.837. The molecule has 1 amide bonds. The third-order valence-electron chi connectivity index (χ3n) is 2.49. The lowest BCUT2D eigenvalue weighted by molar-refractivity contribution is -0.123. The lowest BCUT2D eigenvalue weighted by Gasteiger charge is -2.08. The van der Waals surface area contributed by atoms with Gasteiger partial charge in [0.1, 0.15) is 5.75 Å². The summed E-state index contributed by atoms with van der Waals surface area (Å²) in [5.74, 6) is 0.571. The normalized spacial score (nSPS) is 10.1. The van der Waals surface area contributed by atoms with Gasteiger partial charge in [0.05, 0.1) is 12.2 Å². The predicted octanol–water partition coefficient (Wildman–Crippen LogP) is 1.41. The summed E-state index contributed by atoms with van der Waals surface area (Å²) < 4.78 is 5.43. The van der Waals surface area contributed by atoms with E-state index in [2.05, 4.69) is 15.5 Å². The second-order valence-electron chi connectivity index (χ2n) is 3.91. The minimum absolute atomic E-state index is 0.0129. The van der Waals surface area contributed by atoms with Crippen molar-refractivity contribution in [1.82, 2.24) is 15.5 Å². The van der Waals surface area contributed by atoms with E-state index in [1.165, 1.54) is 0 Å². The summed E-state index contributed by atoms with van der Waals surface area (Å²) in [6.07, 6.45) is 1.64. The molecule has 2 rings (SSSR count). The lowest BCUT2D eigenvalue weighted by atomic mass is 10.2. The number of rotatable bonds is 5. The molecule has 0 saturated carbocycles. The number of carbonyl (C=O) groups excluding carboxylic acids is 1. The van der Waals surface area contributed by atoms with E-state index >= 15 is 0 Å².